The van der Waals surface area contributed by atoms with E-state index in [-0.39, 0.29) is 0 Å². The Kier molecular flexibility index (Phi) is 4.56. The van der Waals surface area contributed by atoms with Crippen LogP contribution in [0.3, 0.4) is 0 Å². The van der Waals surface area contributed by atoms with Crippen molar-refractivity contribution >= 4 is 0 Å². The molecule has 2 aromatic carbocycles. The van der Waals surface area contributed by atoms with Crippen LogP contribution >= 0.6 is 0 Å². The van der Waals surface area contributed by atoms with E-state index in [1.165, 1.54) is 11.1 Å². The first-order chi connectivity index (χ1) is 10.4. The number of hydrogen-bond acceptors (Lipinski definition) is 2. The molecule has 0 aliphatic carbocycles. The Labute approximate surface area is 127 Å². The highest BCUT2D eigenvalue weighted by molar-refractivity contribution is 5.36. The van der Waals surface area contributed by atoms with Crippen LogP contribution in [0.25, 0.3) is 0 Å². The molecule has 0 saturated carbocycles. The van der Waals surface area contributed by atoms with Crippen LogP contribution in [-0.4, -0.2) is 13.2 Å². The summed E-state index contributed by atoms with van der Waals surface area (Å²) >= 11 is 0. The number of para-hydroxylation sites is 1. The van der Waals surface area contributed by atoms with Crippen molar-refractivity contribution in [1.82, 2.24) is 5.32 Å². The highest BCUT2D eigenvalue weighted by atomic mass is 16.5. The van der Waals surface area contributed by atoms with Gasteiger partial charge < -0.3 is 10.1 Å². The van der Waals surface area contributed by atoms with Crippen molar-refractivity contribution in [1.29, 1.82) is 0 Å². The van der Waals surface area contributed by atoms with Crippen molar-refractivity contribution in [3.8, 4) is 5.75 Å². The maximum absolute atomic E-state index is 5.98. The largest absolute Gasteiger partial charge is 0.493 e. The number of ether oxygens (including phenoxy) is 1. The maximum atomic E-state index is 5.98. The molecule has 2 atom stereocenters. The van der Waals surface area contributed by atoms with Crippen molar-refractivity contribution < 1.29 is 4.74 Å². The molecule has 0 radical (unpaired) electrons. The molecule has 0 saturated heterocycles. The van der Waals surface area contributed by atoms with Gasteiger partial charge >= 0.3 is 0 Å². The molecule has 0 fully saturated rings. The van der Waals surface area contributed by atoms with Gasteiger partial charge in [-0.05, 0) is 36.6 Å². The smallest absolute Gasteiger partial charge is 0.122 e. The van der Waals surface area contributed by atoms with Crippen LogP contribution in [0, 0.1) is 5.92 Å². The van der Waals surface area contributed by atoms with E-state index >= 15 is 0 Å². The molecule has 2 heteroatoms. The van der Waals surface area contributed by atoms with E-state index in [9.17, 15) is 0 Å². The first kappa shape index (κ1) is 14.2. The lowest BCUT2D eigenvalue weighted by Gasteiger charge is -2.32. The summed E-state index contributed by atoms with van der Waals surface area (Å²) < 4.78 is 5.98. The van der Waals surface area contributed by atoms with Gasteiger partial charge in [-0.25, -0.2) is 0 Å². The van der Waals surface area contributed by atoms with Crippen molar-refractivity contribution in [3.05, 3.63) is 65.7 Å². The van der Waals surface area contributed by atoms with Crippen molar-refractivity contribution in [2.24, 2.45) is 5.92 Å². The van der Waals surface area contributed by atoms with Crippen LogP contribution in [-0.2, 0) is 6.42 Å². The second-order valence-electron chi connectivity index (χ2n) is 5.73. The standard InChI is InChI=1S/C19H23NO/c1-2-12-20-19(15-8-4-3-5-9-15)17-13-16-10-6-7-11-18(16)21-14-17/h3-11,17,19-20H,2,12-14H2,1H3. The minimum atomic E-state index is 0.361. The van der Waals surface area contributed by atoms with E-state index in [1.54, 1.807) is 0 Å². The van der Waals surface area contributed by atoms with Crippen molar-refractivity contribution in [2.45, 2.75) is 25.8 Å². The van der Waals surface area contributed by atoms with E-state index in [1.807, 2.05) is 6.07 Å². The van der Waals surface area contributed by atoms with Gasteiger partial charge in [-0.2, -0.15) is 0 Å². The van der Waals surface area contributed by atoms with Crippen LogP contribution < -0.4 is 10.1 Å². The van der Waals surface area contributed by atoms with Gasteiger partial charge in [0.2, 0.25) is 0 Å². The third kappa shape index (κ3) is 3.27. The zero-order valence-electron chi connectivity index (χ0n) is 12.6. The monoisotopic (exact) mass is 281 g/mol. The van der Waals surface area contributed by atoms with Gasteiger partial charge in [0, 0.05) is 12.0 Å². The summed E-state index contributed by atoms with van der Waals surface area (Å²) in [5.41, 5.74) is 2.69. The van der Waals surface area contributed by atoms with Gasteiger partial charge in [-0.1, -0.05) is 55.5 Å². The molecule has 1 N–H and O–H groups in total. The van der Waals surface area contributed by atoms with Gasteiger partial charge in [-0.3, -0.25) is 0 Å². The SMILES string of the molecule is CCCNC(c1ccccc1)C1COc2ccccc2C1. The van der Waals surface area contributed by atoms with Gasteiger partial charge in [0.25, 0.3) is 0 Å². The lowest BCUT2D eigenvalue weighted by Crippen LogP contribution is -2.35. The predicted octanol–water partition coefficient (Wildman–Crippen LogP) is 3.98. The molecule has 0 aromatic heterocycles. The topological polar surface area (TPSA) is 21.3 Å². The van der Waals surface area contributed by atoms with E-state index in [0.29, 0.717) is 12.0 Å². The molecule has 0 bridgehead atoms. The minimum absolute atomic E-state index is 0.361. The van der Waals surface area contributed by atoms with Crippen molar-refractivity contribution in [2.75, 3.05) is 13.2 Å². The fourth-order valence-electron chi connectivity index (χ4n) is 3.08. The second kappa shape index (κ2) is 6.77. The first-order valence-electron chi connectivity index (χ1n) is 7.87. The minimum Gasteiger partial charge on any atom is -0.493 e. The third-order valence-corrected chi connectivity index (χ3v) is 4.15. The second-order valence-corrected chi connectivity index (χ2v) is 5.73. The van der Waals surface area contributed by atoms with Crippen LogP contribution in [0.4, 0.5) is 0 Å². The fourth-order valence-corrected chi connectivity index (χ4v) is 3.08. The Hall–Kier alpha value is -1.80. The van der Waals surface area contributed by atoms with Crippen LogP contribution in [0.1, 0.15) is 30.5 Å². The Morgan fingerprint density at radius 3 is 2.67 bits per heavy atom. The van der Waals surface area contributed by atoms with Gasteiger partial charge in [0.1, 0.15) is 5.75 Å². The van der Waals surface area contributed by atoms with Crippen molar-refractivity contribution in [3.63, 3.8) is 0 Å². The van der Waals surface area contributed by atoms with Gasteiger partial charge in [0.15, 0.2) is 0 Å². The molecule has 2 aromatic rings. The molecule has 2 nitrogen and oxygen atoms in total. The van der Waals surface area contributed by atoms with Gasteiger partial charge in [-0.15, -0.1) is 0 Å². The lowest BCUT2D eigenvalue weighted by molar-refractivity contribution is 0.184. The quantitative estimate of drug-likeness (QED) is 0.895. The predicted molar refractivity (Wildman–Crippen MR) is 86.6 cm³/mol. The van der Waals surface area contributed by atoms with Gasteiger partial charge in [0.05, 0.1) is 6.61 Å². The zero-order valence-corrected chi connectivity index (χ0v) is 12.6. The van der Waals surface area contributed by atoms with E-state index in [0.717, 1.165) is 31.7 Å². The van der Waals surface area contributed by atoms with E-state index in [4.69, 9.17) is 4.74 Å². The number of hydrogen-bond donors (Lipinski definition) is 1. The summed E-state index contributed by atoms with van der Waals surface area (Å²) in [6, 6.07) is 19.5. The molecule has 1 aliphatic rings. The molecule has 1 heterocycles. The number of nitrogens with one attached hydrogen (secondary N) is 1. The lowest BCUT2D eigenvalue weighted by atomic mass is 9.86. The van der Waals surface area contributed by atoms with Crippen LogP contribution in [0.5, 0.6) is 5.75 Å². The fraction of sp³-hybridized carbons (Fsp3) is 0.368. The zero-order chi connectivity index (χ0) is 14.5. The molecule has 21 heavy (non-hydrogen) atoms. The molecule has 0 spiro atoms. The summed E-state index contributed by atoms with van der Waals surface area (Å²) in [6.07, 6.45) is 2.22. The maximum Gasteiger partial charge on any atom is 0.122 e. The summed E-state index contributed by atoms with van der Waals surface area (Å²) in [4.78, 5) is 0. The third-order valence-electron chi connectivity index (χ3n) is 4.15. The number of rotatable bonds is 5. The molecule has 110 valence electrons. The molecule has 3 rings (SSSR count). The Morgan fingerprint density at radius 1 is 1.10 bits per heavy atom. The highest BCUT2D eigenvalue weighted by Crippen LogP contribution is 2.33. The summed E-state index contributed by atoms with van der Waals surface area (Å²) in [6.45, 7) is 4.03. The number of benzene rings is 2. The normalized spacial score (nSPS) is 18.6. The molecular formula is C19H23NO. The average molecular weight is 281 g/mol. The Morgan fingerprint density at radius 2 is 1.86 bits per heavy atom. The van der Waals surface area contributed by atoms with E-state index < -0.39 is 0 Å². The summed E-state index contributed by atoms with van der Waals surface area (Å²) in [5.74, 6) is 1.53. The van der Waals surface area contributed by atoms with Crippen LogP contribution in [0.2, 0.25) is 0 Å². The molecular weight excluding hydrogens is 258 g/mol. The highest BCUT2D eigenvalue weighted by Gasteiger charge is 2.27. The van der Waals surface area contributed by atoms with Crippen LogP contribution in [0.15, 0.2) is 54.6 Å². The Balaban J connectivity index is 1.81. The summed E-state index contributed by atoms with van der Waals surface area (Å²) in [7, 11) is 0. The Bertz CT molecular complexity index is 567. The first-order valence-corrected chi connectivity index (χ1v) is 7.87. The molecule has 2 unspecified atom stereocenters. The average Bonchev–Trinajstić information content (AvgIpc) is 2.56. The number of fused-ring (bicyclic) bond motifs is 1. The molecule has 0 amide bonds. The molecule has 1 aliphatic heterocycles. The van der Waals surface area contributed by atoms with E-state index in [2.05, 4.69) is 60.8 Å². The summed E-state index contributed by atoms with van der Waals surface area (Å²) in [5, 5.41) is 3.71.